The van der Waals surface area contributed by atoms with Crippen LogP contribution in [-0.4, -0.2) is 54.2 Å². The van der Waals surface area contributed by atoms with Gasteiger partial charge in [0.15, 0.2) is 9.84 Å². The zero-order valence-electron chi connectivity index (χ0n) is 13.0. The third-order valence-electron chi connectivity index (χ3n) is 3.79. The molecule has 130 valence electrons. The van der Waals surface area contributed by atoms with E-state index < -0.39 is 19.9 Å². The quantitative estimate of drug-likeness (QED) is 0.808. The highest BCUT2D eigenvalue weighted by Crippen LogP contribution is 2.24. The number of halogens is 1. The monoisotopic (exact) mass is 380 g/mol. The molecule has 0 bridgehead atoms. The molecular formula is C14H21ClN2O4S2. The summed E-state index contributed by atoms with van der Waals surface area (Å²) in [6.45, 7) is 2.85. The van der Waals surface area contributed by atoms with Crippen LogP contribution in [0.2, 0.25) is 5.02 Å². The van der Waals surface area contributed by atoms with Crippen molar-refractivity contribution in [1.82, 2.24) is 9.62 Å². The molecule has 1 aromatic carbocycles. The molecule has 0 amide bonds. The van der Waals surface area contributed by atoms with Crippen LogP contribution in [0.3, 0.4) is 0 Å². The maximum Gasteiger partial charge on any atom is 0.242 e. The van der Waals surface area contributed by atoms with Crippen LogP contribution in [0.5, 0.6) is 0 Å². The lowest BCUT2D eigenvalue weighted by atomic mass is 10.1. The Labute approximate surface area is 142 Å². The molecule has 9 heteroatoms. The van der Waals surface area contributed by atoms with Crippen LogP contribution >= 0.6 is 11.6 Å². The number of rotatable bonds is 6. The number of nitrogens with one attached hydrogen (secondary N) is 1. The van der Waals surface area contributed by atoms with Gasteiger partial charge in [0.05, 0.1) is 9.92 Å². The maximum absolute atomic E-state index is 12.4. The van der Waals surface area contributed by atoms with Crippen molar-refractivity contribution in [3.8, 4) is 0 Å². The Morgan fingerprint density at radius 2 is 1.78 bits per heavy atom. The van der Waals surface area contributed by atoms with Crippen molar-refractivity contribution < 1.29 is 16.8 Å². The molecule has 6 nitrogen and oxygen atoms in total. The second-order valence-electron chi connectivity index (χ2n) is 5.66. The molecule has 0 saturated carbocycles. The Balaban J connectivity index is 2.09. The molecule has 1 aliphatic rings. The van der Waals surface area contributed by atoms with E-state index in [0.29, 0.717) is 6.54 Å². The van der Waals surface area contributed by atoms with Crippen molar-refractivity contribution in [3.63, 3.8) is 0 Å². The zero-order valence-corrected chi connectivity index (χ0v) is 15.3. The second kappa shape index (κ2) is 7.48. The first-order valence-electron chi connectivity index (χ1n) is 7.42. The van der Waals surface area contributed by atoms with Crippen molar-refractivity contribution in [2.45, 2.75) is 29.1 Å². The summed E-state index contributed by atoms with van der Waals surface area (Å²) in [6.07, 6.45) is 4.51. The third-order valence-corrected chi connectivity index (χ3v) is 6.84. The van der Waals surface area contributed by atoms with Crippen molar-refractivity contribution in [2.75, 3.05) is 32.4 Å². The van der Waals surface area contributed by atoms with E-state index in [9.17, 15) is 16.8 Å². The highest BCUT2D eigenvalue weighted by molar-refractivity contribution is 7.91. The van der Waals surface area contributed by atoms with Gasteiger partial charge in [0.1, 0.15) is 4.90 Å². The fraction of sp³-hybridized carbons (Fsp3) is 0.571. The van der Waals surface area contributed by atoms with Gasteiger partial charge in [-0.05, 0) is 44.1 Å². The molecule has 2 rings (SSSR count). The van der Waals surface area contributed by atoms with Gasteiger partial charge in [-0.2, -0.15) is 0 Å². The summed E-state index contributed by atoms with van der Waals surface area (Å²) >= 11 is 5.93. The summed E-state index contributed by atoms with van der Waals surface area (Å²) in [5.74, 6) is 0. The van der Waals surface area contributed by atoms with Gasteiger partial charge in [-0.15, -0.1) is 0 Å². The summed E-state index contributed by atoms with van der Waals surface area (Å²) in [7, 11) is -7.35. The molecule has 1 fully saturated rings. The van der Waals surface area contributed by atoms with Crippen LogP contribution in [-0.2, 0) is 19.9 Å². The van der Waals surface area contributed by atoms with E-state index >= 15 is 0 Å². The predicted octanol–water partition coefficient (Wildman–Crippen LogP) is 1.51. The first-order valence-corrected chi connectivity index (χ1v) is 11.2. The highest BCUT2D eigenvalue weighted by atomic mass is 35.5. The Bertz CT molecular complexity index is 757. The van der Waals surface area contributed by atoms with Gasteiger partial charge in [0.25, 0.3) is 0 Å². The lowest BCUT2D eigenvalue weighted by molar-refractivity contribution is 0.233. The molecule has 1 aliphatic heterocycles. The molecular weight excluding hydrogens is 360 g/mol. The average Bonchev–Trinajstić information content (AvgIpc) is 2.47. The molecule has 23 heavy (non-hydrogen) atoms. The molecule has 0 spiro atoms. The number of piperidine rings is 1. The van der Waals surface area contributed by atoms with Gasteiger partial charge < -0.3 is 4.90 Å². The Kier molecular flexibility index (Phi) is 6.07. The minimum atomic E-state index is -3.85. The largest absolute Gasteiger partial charge is 0.302 e. The highest BCUT2D eigenvalue weighted by Gasteiger charge is 2.21. The minimum Gasteiger partial charge on any atom is -0.302 e. The van der Waals surface area contributed by atoms with E-state index in [2.05, 4.69) is 9.62 Å². The fourth-order valence-corrected chi connectivity index (χ4v) is 4.79. The number of benzene rings is 1. The number of likely N-dealkylation sites (tertiary alicyclic amines) is 1. The average molecular weight is 381 g/mol. The third kappa shape index (κ3) is 5.15. The molecule has 1 heterocycles. The van der Waals surface area contributed by atoms with Gasteiger partial charge in [0.2, 0.25) is 10.0 Å². The Hall–Kier alpha value is -0.670. The summed E-state index contributed by atoms with van der Waals surface area (Å²) < 4.78 is 50.4. The fourth-order valence-electron chi connectivity index (χ4n) is 2.52. The first-order chi connectivity index (χ1) is 10.7. The summed E-state index contributed by atoms with van der Waals surface area (Å²) in [4.78, 5) is 1.93. The van der Waals surface area contributed by atoms with Crippen LogP contribution in [0.4, 0.5) is 0 Å². The van der Waals surface area contributed by atoms with E-state index in [4.69, 9.17) is 11.6 Å². The topological polar surface area (TPSA) is 83.5 Å². The van der Waals surface area contributed by atoms with Crippen molar-refractivity contribution in [1.29, 1.82) is 0 Å². The number of hydrogen-bond donors (Lipinski definition) is 1. The molecule has 1 aromatic rings. The van der Waals surface area contributed by atoms with E-state index in [-0.39, 0.29) is 21.4 Å². The second-order valence-corrected chi connectivity index (χ2v) is 9.82. The molecule has 1 saturated heterocycles. The van der Waals surface area contributed by atoms with Crippen molar-refractivity contribution in [3.05, 3.63) is 23.2 Å². The molecule has 1 N–H and O–H groups in total. The number of sulfone groups is 1. The van der Waals surface area contributed by atoms with Crippen LogP contribution in [0.25, 0.3) is 0 Å². The standard InChI is InChI=1S/C14H21ClN2O4S2/c1-22(18,19)12-5-6-13(15)14(11-12)23(20,21)16-7-10-17-8-3-2-4-9-17/h5-6,11,16H,2-4,7-10H2,1H3. The summed E-state index contributed by atoms with van der Waals surface area (Å²) in [5.41, 5.74) is 0. The van der Waals surface area contributed by atoms with Crippen LogP contribution < -0.4 is 4.72 Å². The maximum atomic E-state index is 12.4. The molecule has 0 unspecified atom stereocenters. The summed E-state index contributed by atoms with van der Waals surface area (Å²) in [6, 6.07) is 3.68. The van der Waals surface area contributed by atoms with Gasteiger partial charge in [0, 0.05) is 19.3 Å². The van der Waals surface area contributed by atoms with Gasteiger partial charge in [-0.1, -0.05) is 18.0 Å². The van der Waals surface area contributed by atoms with E-state index in [1.807, 2.05) is 0 Å². The van der Waals surface area contributed by atoms with Crippen molar-refractivity contribution in [2.24, 2.45) is 0 Å². The number of hydrogen-bond acceptors (Lipinski definition) is 5. The van der Waals surface area contributed by atoms with Crippen LogP contribution in [0.1, 0.15) is 19.3 Å². The SMILES string of the molecule is CS(=O)(=O)c1ccc(Cl)c(S(=O)(=O)NCCN2CCCCC2)c1. The molecule has 0 atom stereocenters. The molecule has 0 aliphatic carbocycles. The lowest BCUT2D eigenvalue weighted by Gasteiger charge is -2.26. The van der Waals surface area contributed by atoms with Crippen LogP contribution in [0.15, 0.2) is 28.0 Å². The zero-order chi connectivity index (χ0) is 17.1. The smallest absolute Gasteiger partial charge is 0.242 e. The Morgan fingerprint density at radius 3 is 2.39 bits per heavy atom. The van der Waals surface area contributed by atoms with Gasteiger partial charge in [-0.3, -0.25) is 0 Å². The van der Waals surface area contributed by atoms with E-state index in [0.717, 1.165) is 38.3 Å². The van der Waals surface area contributed by atoms with Crippen molar-refractivity contribution >= 4 is 31.5 Å². The van der Waals surface area contributed by atoms with E-state index in [1.165, 1.54) is 18.6 Å². The number of nitrogens with zero attached hydrogens (tertiary/aromatic N) is 1. The van der Waals surface area contributed by atoms with E-state index in [1.54, 1.807) is 0 Å². The Morgan fingerprint density at radius 1 is 1.13 bits per heavy atom. The first kappa shape index (κ1) is 18.7. The normalized spacial score (nSPS) is 17.3. The molecule has 0 aromatic heterocycles. The summed E-state index contributed by atoms with van der Waals surface area (Å²) in [5, 5.41) is 0.00266. The van der Waals surface area contributed by atoms with Crippen LogP contribution in [0, 0.1) is 0 Å². The lowest BCUT2D eigenvalue weighted by Crippen LogP contribution is -2.37. The predicted molar refractivity (Wildman–Crippen MR) is 90.0 cm³/mol. The van der Waals surface area contributed by atoms with Gasteiger partial charge in [-0.25, -0.2) is 21.6 Å². The molecule has 0 radical (unpaired) electrons. The minimum absolute atomic E-state index is 0.00266. The number of sulfonamides is 1. The van der Waals surface area contributed by atoms with Gasteiger partial charge >= 0.3 is 0 Å².